The summed E-state index contributed by atoms with van der Waals surface area (Å²) in [7, 11) is 0. The van der Waals surface area contributed by atoms with Crippen molar-refractivity contribution in [2.75, 3.05) is 11.9 Å². The average Bonchev–Trinajstić information content (AvgIpc) is 3.14. The third-order valence-electron chi connectivity index (χ3n) is 4.10. The topological polar surface area (TPSA) is 69.0 Å². The van der Waals surface area contributed by atoms with Crippen molar-refractivity contribution in [3.63, 3.8) is 0 Å². The zero-order chi connectivity index (χ0) is 16.4. The predicted molar refractivity (Wildman–Crippen MR) is 91.1 cm³/mol. The summed E-state index contributed by atoms with van der Waals surface area (Å²) >= 11 is 7.57. The predicted octanol–water partition coefficient (Wildman–Crippen LogP) is 3.59. The van der Waals surface area contributed by atoms with E-state index in [-0.39, 0.29) is 17.9 Å². The first-order chi connectivity index (χ1) is 11.1. The van der Waals surface area contributed by atoms with E-state index in [2.05, 4.69) is 16.5 Å². The minimum Gasteiger partial charge on any atom is -0.307 e. The minimum absolute atomic E-state index is 0.0806. The molecule has 0 saturated carbocycles. The number of hydrogen-bond donors (Lipinski definition) is 1. The summed E-state index contributed by atoms with van der Waals surface area (Å²) in [6.45, 7) is 2.52. The smallest absolute Gasteiger partial charge is 0.231 e. The molecule has 0 aliphatic carbocycles. The van der Waals surface area contributed by atoms with Gasteiger partial charge in [-0.05, 0) is 19.4 Å². The number of benzene rings is 1. The van der Waals surface area contributed by atoms with Gasteiger partial charge in [0.1, 0.15) is 0 Å². The van der Waals surface area contributed by atoms with Crippen LogP contribution in [0.2, 0.25) is 5.02 Å². The Balaban J connectivity index is 1.72. The lowest BCUT2D eigenvalue weighted by Crippen LogP contribution is -2.32. The summed E-state index contributed by atoms with van der Waals surface area (Å²) in [6, 6.07) is 7.45. The first-order valence-corrected chi connectivity index (χ1v) is 8.47. The van der Waals surface area contributed by atoms with Crippen LogP contribution in [0.4, 0.5) is 5.13 Å². The molecule has 1 fully saturated rings. The van der Waals surface area contributed by atoms with E-state index < -0.39 is 0 Å². The van der Waals surface area contributed by atoms with Crippen LogP contribution in [-0.2, 0) is 4.79 Å². The van der Waals surface area contributed by atoms with E-state index in [1.165, 1.54) is 11.3 Å². The van der Waals surface area contributed by atoms with E-state index in [1.54, 1.807) is 11.1 Å². The lowest BCUT2D eigenvalue weighted by molar-refractivity contribution is -0.120. The van der Waals surface area contributed by atoms with Crippen molar-refractivity contribution < 1.29 is 4.79 Å². The van der Waals surface area contributed by atoms with Crippen molar-refractivity contribution in [2.45, 2.75) is 19.4 Å². The monoisotopic (exact) mass is 346 g/mol. The third kappa shape index (κ3) is 3.16. The number of anilines is 1. The fourth-order valence-electron chi connectivity index (χ4n) is 2.75. The summed E-state index contributed by atoms with van der Waals surface area (Å²) in [5.41, 5.74) is 0.900. The molecule has 0 spiro atoms. The van der Waals surface area contributed by atoms with Gasteiger partial charge in [0.25, 0.3) is 0 Å². The Kier molecular flexibility index (Phi) is 4.51. The van der Waals surface area contributed by atoms with Crippen LogP contribution in [0.25, 0.3) is 10.4 Å². The van der Waals surface area contributed by atoms with Crippen LogP contribution < -0.4 is 5.32 Å². The van der Waals surface area contributed by atoms with Gasteiger partial charge in [0.2, 0.25) is 5.91 Å². The van der Waals surface area contributed by atoms with Gasteiger partial charge in [-0.3, -0.25) is 4.79 Å². The average molecular weight is 347 g/mol. The van der Waals surface area contributed by atoms with Crippen LogP contribution in [0.5, 0.6) is 0 Å². The van der Waals surface area contributed by atoms with Gasteiger partial charge in [-0.15, -0.1) is 0 Å². The van der Waals surface area contributed by atoms with Gasteiger partial charge < -0.3 is 10.2 Å². The molecule has 1 amide bonds. The second-order valence-electron chi connectivity index (χ2n) is 5.43. The van der Waals surface area contributed by atoms with Crippen molar-refractivity contribution >= 4 is 34.0 Å². The van der Waals surface area contributed by atoms with Crippen molar-refractivity contribution in [3.8, 4) is 16.6 Å². The second kappa shape index (κ2) is 6.57. The Bertz CT molecular complexity index is 769. The van der Waals surface area contributed by atoms with Crippen molar-refractivity contribution in [1.82, 2.24) is 9.88 Å². The van der Waals surface area contributed by atoms with Crippen molar-refractivity contribution in [2.24, 2.45) is 5.92 Å². The lowest BCUT2D eigenvalue weighted by atomic mass is 10.0. The molecule has 23 heavy (non-hydrogen) atoms. The van der Waals surface area contributed by atoms with Gasteiger partial charge in [-0.1, -0.05) is 41.1 Å². The van der Waals surface area contributed by atoms with E-state index >= 15 is 0 Å². The quantitative estimate of drug-likeness (QED) is 0.862. The molecule has 0 radical (unpaired) electrons. The molecule has 1 aromatic heterocycles. The van der Waals surface area contributed by atoms with Crippen LogP contribution in [-0.4, -0.2) is 28.4 Å². The lowest BCUT2D eigenvalue weighted by Gasteiger charge is -2.18. The summed E-state index contributed by atoms with van der Waals surface area (Å²) in [5, 5.41) is 13.1. The fourth-order valence-corrected chi connectivity index (χ4v) is 3.90. The summed E-state index contributed by atoms with van der Waals surface area (Å²) < 4.78 is 0. The Labute approximate surface area is 143 Å². The number of aromatic nitrogens is 1. The highest BCUT2D eigenvalue weighted by Gasteiger charge is 2.35. The number of rotatable bonds is 3. The molecule has 2 aromatic rings. The zero-order valence-corrected chi connectivity index (χ0v) is 14.1. The highest BCUT2D eigenvalue weighted by atomic mass is 35.5. The molecule has 1 N–H and O–H groups in total. The third-order valence-corrected chi connectivity index (χ3v) is 5.37. The van der Waals surface area contributed by atoms with Gasteiger partial charge in [0, 0.05) is 29.4 Å². The molecule has 7 heteroatoms. The fraction of sp³-hybridized carbons (Fsp3) is 0.312. The summed E-state index contributed by atoms with van der Waals surface area (Å²) in [4.78, 5) is 19.2. The van der Waals surface area contributed by atoms with Gasteiger partial charge in [0.05, 0.1) is 10.8 Å². The van der Waals surface area contributed by atoms with Crippen LogP contribution in [0.15, 0.2) is 30.5 Å². The number of amides is 1. The molecule has 0 unspecified atom stereocenters. The largest absolute Gasteiger partial charge is 0.307 e. The Hall–Kier alpha value is -2.10. The van der Waals surface area contributed by atoms with E-state index in [4.69, 9.17) is 16.9 Å². The number of carbonyl (C=O) groups is 1. The molecule has 1 aliphatic heterocycles. The highest BCUT2D eigenvalue weighted by molar-refractivity contribution is 7.19. The highest BCUT2D eigenvalue weighted by Crippen LogP contribution is 2.34. The zero-order valence-electron chi connectivity index (χ0n) is 12.5. The SMILES string of the molecule is C[C@H]1[C@@H](C(=O)Nc2ncc(-c3ccccc3Cl)s2)CCN1C#N. The van der Waals surface area contributed by atoms with Crippen LogP contribution >= 0.6 is 22.9 Å². The van der Waals surface area contributed by atoms with E-state index in [9.17, 15) is 4.79 Å². The molecular formula is C16H15ClN4OS. The molecule has 118 valence electrons. The van der Waals surface area contributed by atoms with Crippen molar-refractivity contribution in [1.29, 1.82) is 5.26 Å². The molecule has 1 aliphatic rings. The molecule has 0 bridgehead atoms. The maximum Gasteiger partial charge on any atom is 0.231 e. The number of halogens is 1. The second-order valence-corrected chi connectivity index (χ2v) is 6.87. The number of thiazole rings is 1. The first-order valence-electron chi connectivity index (χ1n) is 7.28. The standard InChI is InChI=1S/C16H15ClN4OS/c1-10-11(6-7-21(10)9-18)15(22)20-16-19-8-14(23-16)12-4-2-3-5-13(12)17/h2-5,8,10-11H,6-7H2,1H3,(H,19,20,22)/t10-,11-/m0/s1. The van der Waals surface area contributed by atoms with Crippen LogP contribution in [0.3, 0.4) is 0 Å². The normalized spacial score (nSPS) is 20.3. The van der Waals surface area contributed by atoms with Crippen molar-refractivity contribution in [3.05, 3.63) is 35.5 Å². The number of likely N-dealkylation sites (tertiary alicyclic amines) is 1. The Morgan fingerprint density at radius 3 is 3.00 bits per heavy atom. The van der Waals surface area contributed by atoms with Crippen LogP contribution in [0, 0.1) is 17.4 Å². The summed E-state index contributed by atoms with van der Waals surface area (Å²) in [6.07, 6.45) is 4.51. The molecule has 3 rings (SSSR count). The maximum absolute atomic E-state index is 12.4. The van der Waals surface area contributed by atoms with Gasteiger partial charge in [0.15, 0.2) is 11.3 Å². The van der Waals surface area contributed by atoms with E-state index in [0.717, 1.165) is 10.4 Å². The molecule has 1 aromatic carbocycles. The molecule has 1 saturated heterocycles. The number of hydrogen-bond acceptors (Lipinski definition) is 5. The minimum atomic E-state index is -0.192. The molecule has 2 atom stereocenters. The Morgan fingerprint density at radius 1 is 1.52 bits per heavy atom. The Morgan fingerprint density at radius 2 is 2.30 bits per heavy atom. The number of carbonyl (C=O) groups excluding carboxylic acids is 1. The molecule has 5 nitrogen and oxygen atoms in total. The first kappa shape index (κ1) is 15.8. The number of nitrogens with zero attached hydrogens (tertiary/aromatic N) is 3. The molecular weight excluding hydrogens is 332 g/mol. The van der Waals surface area contributed by atoms with E-state index in [1.807, 2.05) is 31.2 Å². The van der Waals surface area contributed by atoms with E-state index in [0.29, 0.717) is 23.1 Å². The van der Waals surface area contributed by atoms with Gasteiger partial charge in [-0.2, -0.15) is 5.26 Å². The number of nitriles is 1. The van der Waals surface area contributed by atoms with Crippen LogP contribution in [0.1, 0.15) is 13.3 Å². The van der Waals surface area contributed by atoms with Gasteiger partial charge >= 0.3 is 0 Å². The summed E-state index contributed by atoms with van der Waals surface area (Å²) in [5.74, 6) is -0.280. The molecule has 2 heterocycles. The van der Waals surface area contributed by atoms with Gasteiger partial charge in [-0.25, -0.2) is 4.98 Å². The maximum atomic E-state index is 12.4. The number of nitrogens with one attached hydrogen (secondary N) is 1.